The summed E-state index contributed by atoms with van der Waals surface area (Å²) < 4.78 is 43.3. The van der Waals surface area contributed by atoms with E-state index in [-0.39, 0.29) is 25.5 Å². The molecule has 7 heteroatoms. The number of hydrogen-bond donors (Lipinski definition) is 1. The Bertz CT molecular complexity index is 811. The number of benzene rings is 1. The molecule has 0 aliphatic carbocycles. The first-order valence-corrected chi connectivity index (χ1v) is 8.22. The number of nitrogens with zero attached hydrogens (tertiary/aromatic N) is 1. The second-order valence-corrected chi connectivity index (χ2v) is 6.60. The highest BCUT2D eigenvalue weighted by Gasteiger charge is 2.44. The van der Waals surface area contributed by atoms with Gasteiger partial charge in [0.1, 0.15) is 0 Å². The summed E-state index contributed by atoms with van der Waals surface area (Å²) >= 11 is 0. The van der Waals surface area contributed by atoms with Gasteiger partial charge in [-0.15, -0.1) is 0 Å². The van der Waals surface area contributed by atoms with Gasteiger partial charge in [-0.2, -0.15) is 13.2 Å². The van der Waals surface area contributed by atoms with E-state index in [9.17, 15) is 18.0 Å². The van der Waals surface area contributed by atoms with Crippen LogP contribution >= 0.6 is 0 Å². The number of hydrogen-bond acceptors (Lipinski definition) is 2. The number of halogens is 3. The molecule has 1 N–H and O–H groups in total. The third kappa shape index (κ3) is 3.38. The fraction of sp³-hybridized carbons (Fsp3) is 0.500. The largest absolute Gasteiger partial charge is 0.416 e. The van der Waals surface area contributed by atoms with E-state index in [1.165, 1.54) is 4.90 Å². The molecular weight excluding hydrogens is 333 g/mol. The van der Waals surface area contributed by atoms with Crippen LogP contribution in [0.15, 0.2) is 12.1 Å². The molecule has 1 atom stereocenters. The van der Waals surface area contributed by atoms with Gasteiger partial charge < -0.3 is 14.6 Å². The first-order chi connectivity index (χ1) is 11.7. The summed E-state index contributed by atoms with van der Waals surface area (Å²) in [4.78, 5) is 17.2. The molecule has 25 heavy (non-hydrogen) atoms. The number of aromatic nitrogens is 1. The van der Waals surface area contributed by atoms with E-state index < -0.39 is 18.8 Å². The topological polar surface area (TPSA) is 45.3 Å². The number of fused-ring (bicyclic) bond motifs is 1. The number of amides is 1. The van der Waals surface area contributed by atoms with Gasteiger partial charge in [-0.25, -0.2) is 0 Å². The minimum absolute atomic E-state index is 0.0840. The molecule has 1 unspecified atom stereocenters. The molecular formula is C18H21F3N2O2. The maximum Gasteiger partial charge on any atom is 0.416 e. The molecule has 1 aromatic heterocycles. The molecule has 1 aliphatic heterocycles. The fourth-order valence-electron chi connectivity index (χ4n) is 3.37. The molecule has 1 aromatic carbocycles. The maximum atomic E-state index is 12.9. The van der Waals surface area contributed by atoms with E-state index in [2.05, 4.69) is 4.98 Å². The Balaban J connectivity index is 1.85. The molecule has 1 saturated heterocycles. The van der Waals surface area contributed by atoms with E-state index in [1.807, 2.05) is 32.9 Å². The number of H-pyrrole nitrogens is 1. The number of carbonyl (C=O) groups excluding carboxylic acids is 1. The molecule has 136 valence electrons. The Morgan fingerprint density at radius 2 is 1.96 bits per heavy atom. The Hall–Kier alpha value is -2.02. The number of nitrogens with one attached hydrogen (secondary N) is 1. The van der Waals surface area contributed by atoms with Crippen LogP contribution in [-0.4, -0.2) is 47.8 Å². The third-order valence-corrected chi connectivity index (χ3v) is 4.80. The van der Waals surface area contributed by atoms with Crippen molar-refractivity contribution < 1.29 is 22.7 Å². The minimum Gasteiger partial charge on any atom is -0.365 e. The molecule has 2 heterocycles. The summed E-state index contributed by atoms with van der Waals surface area (Å²) in [5.74, 6) is -0.303. The highest BCUT2D eigenvalue weighted by atomic mass is 19.4. The Morgan fingerprint density at radius 3 is 2.64 bits per heavy atom. The minimum atomic E-state index is -4.46. The van der Waals surface area contributed by atoms with Crippen LogP contribution in [0.1, 0.15) is 22.4 Å². The zero-order chi connectivity index (χ0) is 18.4. The quantitative estimate of drug-likeness (QED) is 0.898. The molecule has 1 amide bonds. The number of aryl methyl sites for hydroxylation is 3. The van der Waals surface area contributed by atoms with Gasteiger partial charge in [0, 0.05) is 23.1 Å². The average Bonchev–Trinajstić information content (AvgIpc) is 2.88. The van der Waals surface area contributed by atoms with Crippen LogP contribution in [0.25, 0.3) is 10.9 Å². The number of morpholine rings is 1. The first-order valence-electron chi connectivity index (χ1n) is 8.22. The zero-order valence-corrected chi connectivity index (χ0v) is 14.5. The first kappa shape index (κ1) is 17.8. The van der Waals surface area contributed by atoms with Crippen molar-refractivity contribution in [1.29, 1.82) is 0 Å². The third-order valence-electron chi connectivity index (χ3n) is 4.80. The van der Waals surface area contributed by atoms with Crippen LogP contribution in [0.5, 0.6) is 0 Å². The fourth-order valence-corrected chi connectivity index (χ4v) is 3.37. The number of rotatable bonds is 2. The lowest BCUT2D eigenvalue weighted by Gasteiger charge is -2.34. The lowest BCUT2D eigenvalue weighted by atomic mass is 10.0. The van der Waals surface area contributed by atoms with E-state index in [1.54, 1.807) is 0 Å². The summed E-state index contributed by atoms with van der Waals surface area (Å²) in [6, 6.07) is 4.00. The van der Waals surface area contributed by atoms with Crippen molar-refractivity contribution in [3.63, 3.8) is 0 Å². The second kappa shape index (κ2) is 6.37. The van der Waals surface area contributed by atoms with Gasteiger partial charge >= 0.3 is 6.18 Å². The summed E-state index contributed by atoms with van der Waals surface area (Å²) in [5.41, 5.74) is 4.84. The van der Waals surface area contributed by atoms with Crippen molar-refractivity contribution in [3.05, 3.63) is 34.5 Å². The number of alkyl halides is 3. The van der Waals surface area contributed by atoms with Crippen LogP contribution in [0.3, 0.4) is 0 Å². The van der Waals surface area contributed by atoms with Gasteiger partial charge in [0.05, 0.1) is 19.6 Å². The highest BCUT2D eigenvalue weighted by Crippen LogP contribution is 2.30. The van der Waals surface area contributed by atoms with Crippen LogP contribution in [0.4, 0.5) is 13.2 Å². The van der Waals surface area contributed by atoms with Crippen LogP contribution < -0.4 is 0 Å². The van der Waals surface area contributed by atoms with Gasteiger partial charge in [0.15, 0.2) is 6.10 Å². The predicted octanol–water partition coefficient (Wildman–Crippen LogP) is 3.43. The molecule has 0 bridgehead atoms. The van der Waals surface area contributed by atoms with E-state index in [4.69, 9.17) is 4.74 Å². The van der Waals surface area contributed by atoms with Crippen molar-refractivity contribution >= 4 is 16.8 Å². The second-order valence-electron chi connectivity index (χ2n) is 6.60. The highest BCUT2D eigenvalue weighted by molar-refractivity contribution is 5.93. The molecule has 3 rings (SSSR count). The molecule has 1 aliphatic rings. The molecule has 4 nitrogen and oxygen atoms in total. The van der Waals surface area contributed by atoms with Crippen LogP contribution in [0.2, 0.25) is 0 Å². The van der Waals surface area contributed by atoms with Gasteiger partial charge in [0.2, 0.25) is 5.91 Å². The van der Waals surface area contributed by atoms with Crippen molar-refractivity contribution in [1.82, 2.24) is 9.88 Å². The van der Waals surface area contributed by atoms with Crippen molar-refractivity contribution in [2.24, 2.45) is 0 Å². The smallest absolute Gasteiger partial charge is 0.365 e. The molecule has 1 fully saturated rings. The summed E-state index contributed by atoms with van der Waals surface area (Å²) in [6.07, 6.45) is -6.28. The number of ether oxygens (including phenoxy) is 1. The Morgan fingerprint density at radius 1 is 1.28 bits per heavy atom. The lowest BCUT2D eigenvalue weighted by molar-refractivity contribution is -0.236. The summed E-state index contributed by atoms with van der Waals surface area (Å²) in [5, 5.41) is 0.992. The van der Waals surface area contributed by atoms with Crippen molar-refractivity contribution in [3.8, 4) is 0 Å². The van der Waals surface area contributed by atoms with Crippen molar-refractivity contribution in [2.45, 2.75) is 39.5 Å². The summed E-state index contributed by atoms with van der Waals surface area (Å²) in [7, 11) is 0. The normalized spacial score (nSPS) is 18.8. The van der Waals surface area contributed by atoms with E-state index >= 15 is 0 Å². The van der Waals surface area contributed by atoms with Gasteiger partial charge in [-0.05, 0) is 37.5 Å². The van der Waals surface area contributed by atoms with Gasteiger partial charge in [0.25, 0.3) is 0 Å². The Kier molecular flexibility index (Phi) is 4.53. The summed E-state index contributed by atoms with van der Waals surface area (Å²) in [6.45, 7) is 5.49. The SMILES string of the molecule is Cc1[nH]c2c(C)ccc(C)c2c1CC(=O)N1CCOC(C(F)(F)F)C1. The maximum absolute atomic E-state index is 12.9. The van der Waals surface area contributed by atoms with Crippen LogP contribution in [0, 0.1) is 20.8 Å². The lowest BCUT2D eigenvalue weighted by Crippen LogP contribution is -2.51. The zero-order valence-electron chi connectivity index (χ0n) is 14.5. The number of carbonyl (C=O) groups is 1. The Labute approximate surface area is 143 Å². The molecule has 0 radical (unpaired) electrons. The molecule has 2 aromatic rings. The van der Waals surface area contributed by atoms with Crippen molar-refractivity contribution in [2.75, 3.05) is 19.7 Å². The standard InChI is InChI=1S/C18H21F3N2O2/c1-10-4-5-11(2)17-16(10)13(12(3)22-17)8-15(24)23-6-7-25-14(9-23)18(19,20)21/h4-5,14,22H,6-9H2,1-3H3. The monoisotopic (exact) mass is 354 g/mol. The molecule has 0 spiro atoms. The average molecular weight is 354 g/mol. The predicted molar refractivity (Wildman–Crippen MR) is 88.6 cm³/mol. The van der Waals surface area contributed by atoms with Crippen LogP contribution in [-0.2, 0) is 16.0 Å². The number of aromatic amines is 1. The van der Waals surface area contributed by atoms with Gasteiger partial charge in [-0.1, -0.05) is 12.1 Å². The molecule has 0 saturated carbocycles. The van der Waals surface area contributed by atoms with E-state index in [0.29, 0.717) is 0 Å². The van der Waals surface area contributed by atoms with Gasteiger partial charge in [-0.3, -0.25) is 4.79 Å². The van der Waals surface area contributed by atoms with E-state index in [0.717, 1.165) is 33.3 Å².